The number of aromatic nitrogens is 2. The second kappa shape index (κ2) is 16.3. The molecule has 1 atom stereocenters. The number of benzene rings is 3. The number of carbonyl (C=O) groups excluding carboxylic acids is 2. The summed E-state index contributed by atoms with van der Waals surface area (Å²) in [5, 5.41) is 13.1. The van der Waals surface area contributed by atoms with Gasteiger partial charge in [0, 0.05) is 43.4 Å². The number of fused-ring (bicyclic) bond motifs is 1. The van der Waals surface area contributed by atoms with Crippen molar-refractivity contribution in [3.8, 4) is 16.9 Å². The number of aliphatic carboxylic acids is 1. The summed E-state index contributed by atoms with van der Waals surface area (Å²) in [6, 6.07) is 15.2. The maximum Gasteiger partial charge on any atom is 0.410 e. The van der Waals surface area contributed by atoms with Crippen molar-refractivity contribution in [3.05, 3.63) is 98.6 Å². The third kappa shape index (κ3) is 8.73. The first-order valence-electron chi connectivity index (χ1n) is 18.7. The van der Waals surface area contributed by atoms with Crippen LogP contribution in [0.15, 0.2) is 48.5 Å². The number of carboxylic acid groups (broad SMARTS) is 1. The third-order valence-electron chi connectivity index (χ3n) is 10.4. The average Bonchev–Trinajstić information content (AvgIpc) is 3.47. The molecule has 12 heteroatoms. The standard InChI is InChI=1S/C43H50ClN5O6/c1-26-22-30(24-48-20-9-8-16-36(48)41(51)52)37(54-7)23-29(26)18-17-28-12-10-13-31(27(28)2)32-14-11-15-33(38(32)44)46-40(50)39-45-34-25-49(21-19-35(34)47(39)6)42(53)55-43(3,4)5/h10-15,17-18,22-23,36H,8-9,16,19-21,24-25H2,1-7H3,(H,46,50)(H,51,52)/b18-17+/t36-/m0/s1. The molecule has 3 aromatic carbocycles. The molecule has 1 fully saturated rings. The fraction of sp³-hybridized carbons (Fsp3) is 0.395. The van der Waals surface area contributed by atoms with Crippen LogP contribution in [0.1, 0.15) is 89.9 Å². The normalized spacial score (nSPS) is 16.2. The number of methoxy groups -OCH3 is 1. The Labute approximate surface area is 327 Å². The van der Waals surface area contributed by atoms with E-state index in [9.17, 15) is 19.5 Å². The van der Waals surface area contributed by atoms with Gasteiger partial charge in [-0.1, -0.05) is 66.6 Å². The van der Waals surface area contributed by atoms with Crippen LogP contribution >= 0.6 is 11.6 Å². The zero-order chi connectivity index (χ0) is 39.6. The predicted octanol–water partition coefficient (Wildman–Crippen LogP) is 8.52. The fourth-order valence-electron chi connectivity index (χ4n) is 7.47. The Hall–Kier alpha value is -5.13. The van der Waals surface area contributed by atoms with E-state index in [1.165, 1.54) is 0 Å². The maximum absolute atomic E-state index is 13.6. The summed E-state index contributed by atoms with van der Waals surface area (Å²) < 4.78 is 13.1. The fourth-order valence-corrected chi connectivity index (χ4v) is 7.74. The van der Waals surface area contributed by atoms with Gasteiger partial charge in [0.1, 0.15) is 17.4 Å². The van der Waals surface area contributed by atoms with Gasteiger partial charge in [-0.25, -0.2) is 9.78 Å². The molecular formula is C43H50ClN5O6. The number of hydrogen-bond acceptors (Lipinski definition) is 7. The van der Waals surface area contributed by atoms with Crippen molar-refractivity contribution in [2.45, 2.75) is 85.0 Å². The van der Waals surface area contributed by atoms with Gasteiger partial charge >= 0.3 is 12.1 Å². The SMILES string of the molecule is COc1cc(/C=C/c2cccc(-c3cccc(NC(=O)c4nc5c(n4C)CCN(C(=O)OC(C)(C)C)C5)c3Cl)c2C)c(C)cc1CN1CCCC[C@H]1C(=O)O. The van der Waals surface area contributed by atoms with Crippen LogP contribution in [0.3, 0.4) is 0 Å². The molecule has 2 N–H and O–H groups in total. The number of hydrogen-bond donors (Lipinski definition) is 2. The van der Waals surface area contributed by atoms with Gasteiger partial charge in [0.25, 0.3) is 5.91 Å². The van der Waals surface area contributed by atoms with Crippen LogP contribution in [0.4, 0.5) is 10.5 Å². The van der Waals surface area contributed by atoms with E-state index < -0.39 is 29.6 Å². The minimum absolute atomic E-state index is 0.233. The number of halogens is 1. The Morgan fingerprint density at radius 1 is 1.02 bits per heavy atom. The van der Waals surface area contributed by atoms with Gasteiger partial charge in [-0.3, -0.25) is 14.5 Å². The van der Waals surface area contributed by atoms with Crippen LogP contribution in [0.25, 0.3) is 23.3 Å². The highest BCUT2D eigenvalue weighted by Gasteiger charge is 2.31. The first-order chi connectivity index (χ1) is 26.1. The Bertz CT molecular complexity index is 2150. The molecule has 55 heavy (non-hydrogen) atoms. The van der Waals surface area contributed by atoms with Gasteiger partial charge in [-0.05, 0) is 94.0 Å². The Kier molecular flexibility index (Phi) is 11.7. The number of aryl methyl sites for hydroxylation is 1. The number of anilines is 1. The molecule has 1 aromatic heterocycles. The topological polar surface area (TPSA) is 126 Å². The lowest BCUT2D eigenvalue weighted by Gasteiger charge is -2.33. The number of nitrogens with zero attached hydrogens (tertiary/aromatic N) is 4. The van der Waals surface area contributed by atoms with E-state index in [1.807, 2.05) is 76.0 Å². The molecule has 2 aliphatic rings. The second-order valence-corrected chi connectivity index (χ2v) is 15.7. The molecule has 0 unspecified atom stereocenters. The number of ether oxygens (including phenoxy) is 2. The zero-order valence-electron chi connectivity index (χ0n) is 32.7. The van der Waals surface area contributed by atoms with Crippen LogP contribution in [0.5, 0.6) is 5.75 Å². The first-order valence-corrected chi connectivity index (χ1v) is 19.1. The lowest BCUT2D eigenvalue weighted by atomic mass is 9.95. The summed E-state index contributed by atoms with van der Waals surface area (Å²) in [7, 11) is 3.45. The summed E-state index contributed by atoms with van der Waals surface area (Å²) >= 11 is 7.02. The summed E-state index contributed by atoms with van der Waals surface area (Å²) in [5.74, 6) is -0.215. The third-order valence-corrected chi connectivity index (χ3v) is 10.8. The summed E-state index contributed by atoms with van der Waals surface area (Å²) in [4.78, 5) is 46.5. The van der Waals surface area contributed by atoms with Gasteiger partial charge in [0.05, 0.1) is 30.1 Å². The van der Waals surface area contributed by atoms with Gasteiger partial charge in [0.15, 0.2) is 5.82 Å². The minimum Gasteiger partial charge on any atom is -0.496 e. The number of imidazole rings is 1. The monoisotopic (exact) mass is 767 g/mol. The minimum atomic E-state index is -0.774. The number of likely N-dealkylation sites (tertiary alicyclic amines) is 1. The number of carbonyl (C=O) groups is 3. The molecule has 3 heterocycles. The average molecular weight is 768 g/mol. The van der Waals surface area contributed by atoms with E-state index >= 15 is 0 Å². The number of nitrogens with one attached hydrogen (secondary N) is 1. The van der Waals surface area contributed by atoms with Gasteiger partial charge in [-0.2, -0.15) is 0 Å². The molecule has 2 aliphatic heterocycles. The zero-order valence-corrected chi connectivity index (χ0v) is 33.4. The van der Waals surface area contributed by atoms with Crippen molar-refractivity contribution in [1.29, 1.82) is 0 Å². The van der Waals surface area contributed by atoms with Gasteiger partial charge < -0.3 is 29.4 Å². The smallest absolute Gasteiger partial charge is 0.410 e. The Morgan fingerprint density at radius 2 is 1.75 bits per heavy atom. The largest absolute Gasteiger partial charge is 0.496 e. The van der Waals surface area contributed by atoms with Crippen LogP contribution in [0.2, 0.25) is 5.02 Å². The molecule has 0 saturated carbocycles. The molecule has 290 valence electrons. The van der Waals surface area contributed by atoms with E-state index in [0.717, 1.165) is 69.8 Å². The van der Waals surface area contributed by atoms with Crippen LogP contribution in [-0.2, 0) is 36.1 Å². The molecule has 1 saturated heterocycles. The van der Waals surface area contributed by atoms with Crippen molar-refractivity contribution in [2.24, 2.45) is 7.05 Å². The Balaban J connectivity index is 1.19. The summed E-state index contributed by atoms with van der Waals surface area (Å²) in [6.45, 7) is 11.6. The van der Waals surface area contributed by atoms with Crippen LogP contribution in [-0.4, -0.2) is 74.3 Å². The summed E-state index contributed by atoms with van der Waals surface area (Å²) in [6.07, 6.45) is 6.85. The van der Waals surface area contributed by atoms with Crippen LogP contribution in [0, 0.1) is 13.8 Å². The summed E-state index contributed by atoms with van der Waals surface area (Å²) in [5.41, 5.74) is 8.17. The molecule has 0 bridgehead atoms. The first kappa shape index (κ1) is 39.6. The van der Waals surface area contributed by atoms with Crippen molar-refractivity contribution in [1.82, 2.24) is 19.4 Å². The van der Waals surface area contributed by atoms with E-state index in [-0.39, 0.29) is 12.4 Å². The lowest BCUT2D eigenvalue weighted by molar-refractivity contribution is -0.144. The number of piperidine rings is 1. The number of amides is 2. The highest BCUT2D eigenvalue weighted by molar-refractivity contribution is 6.36. The highest BCUT2D eigenvalue weighted by atomic mass is 35.5. The van der Waals surface area contributed by atoms with E-state index in [2.05, 4.69) is 35.4 Å². The van der Waals surface area contributed by atoms with Crippen molar-refractivity contribution in [2.75, 3.05) is 25.5 Å². The van der Waals surface area contributed by atoms with Crippen molar-refractivity contribution in [3.63, 3.8) is 0 Å². The second-order valence-electron chi connectivity index (χ2n) is 15.4. The van der Waals surface area contributed by atoms with Gasteiger partial charge in [0.2, 0.25) is 0 Å². The maximum atomic E-state index is 13.6. The number of rotatable bonds is 9. The molecular weight excluding hydrogens is 718 g/mol. The molecule has 0 radical (unpaired) electrons. The Morgan fingerprint density at radius 3 is 2.47 bits per heavy atom. The molecule has 0 spiro atoms. The lowest BCUT2D eigenvalue weighted by Crippen LogP contribution is -2.44. The predicted molar refractivity (Wildman–Crippen MR) is 215 cm³/mol. The van der Waals surface area contributed by atoms with E-state index in [1.54, 1.807) is 22.6 Å². The quantitative estimate of drug-likeness (QED) is 0.163. The van der Waals surface area contributed by atoms with Crippen molar-refractivity contribution < 1.29 is 29.0 Å². The molecule has 4 aromatic rings. The van der Waals surface area contributed by atoms with Crippen LogP contribution < -0.4 is 10.1 Å². The molecule has 0 aliphatic carbocycles. The number of carboxylic acids is 1. The highest BCUT2D eigenvalue weighted by Crippen LogP contribution is 2.37. The van der Waals surface area contributed by atoms with Gasteiger partial charge in [-0.15, -0.1) is 0 Å². The van der Waals surface area contributed by atoms with E-state index in [4.69, 9.17) is 21.1 Å². The molecule has 2 amide bonds. The van der Waals surface area contributed by atoms with E-state index in [0.29, 0.717) is 42.3 Å². The molecule has 6 rings (SSSR count). The van der Waals surface area contributed by atoms with Crippen molar-refractivity contribution >= 4 is 47.4 Å². The molecule has 11 nitrogen and oxygen atoms in total.